The average molecular weight is 164 g/mol. The Hall–Kier alpha value is -0.480. The Morgan fingerprint density at radius 2 is 2.50 bits per heavy atom. The van der Waals surface area contributed by atoms with Gasteiger partial charge in [0, 0.05) is 11.8 Å². The highest BCUT2D eigenvalue weighted by Crippen LogP contribution is 2.11. The fraction of sp³-hybridized carbons (Fsp3) is 0.800. The highest BCUT2D eigenvalue weighted by atomic mass is 35.5. The van der Waals surface area contributed by atoms with E-state index < -0.39 is 6.03 Å². The molecule has 3 N–H and O–H groups in total. The van der Waals surface area contributed by atoms with Gasteiger partial charge >= 0.3 is 6.03 Å². The predicted octanol–water partition coefficient (Wildman–Crippen LogP) is 0.230. The quantitative estimate of drug-likeness (QED) is 0.544. The average Bonchev–Trinajstić information content (AvgIpc) is 2.36. The van der Waals surface area contributed by atoms with Gasteiger partial charge in [-0.05, 0) is 19.4 Å². The monoisotopic (exact) mass is 163 g/mol. The van der Waals surface area contributed by atoms with Gasteiger partial charge in [-0.2, -0.15) is 0 Å². The van der Waals surface area contributed by atoms with Gasteiger partial charge < -0.3 is 5.73 Å². The second-order valence-corrected chi connectivity index (χ2v) is 2.63. The molecule has 0 aromatic carbocycles. The summed E-state index contributed by atoms with van der Waals surface area (Å²) < 4.78 is 1.01. The summed E-state index contributed by atoms with van der Waals surface area (Å²) in [5, 5.41) is 3.03. The molecule has 1 unspecified atom stereocenters. The normalized spacial score (nSPS) is 24.7. The van der Waals surface area contributed by atoms with Gasteiger partial charge in [0.1, 0.15) is 6.17 Å². The number of halogens is 1. The highest BCUT2D eigenvalue weighted by molar-refractivity contribution is 6.21. The molecular formula is C5H10ClN3O. The number of nitrogens with one attached hydrogen (secondary N) is 1. The zero-order valence-corrected chi connectivity index (χ0v) is 6.27. The molecule has 1 atom stereocenters. The lowest BCUT2D eigenvalue weighted by Crippen LogP contribution is -2.42. The Morgan fingerprint density at radius 3 is 2.90 bits per heavy atom. The van der Waals surface area contributed by atoms with Crippen LogP contribution >= 0.6 is 11.8 Å². The van der Waals surface area contributed by atoms with Crippen LogP contribution < -0.4 is 11.1 Å². The number of nitrogens with zero attached hydrogens (tertiary/aromatic N) is 1. The largest absolute Gasteiger partial charge is 0.350 e. The molecule has 0 aliphatic carbocycles. The number of carbonyl (C=O) groups excluding carboxylic acids is 1. The van der Waals surface area contributed by atoms with Crippen molar-refractivity contribution in [2.45, 2.75) is 19.0 Å². The van der Waals surface area contributed by atoms with Crippen LogP contribution in [0.15, 0.2) is 0 Å². The molecule has 2 amide bonds. The molecule has 58 valence electrons. The molecule has 0 spiro atoms. The van der Waals surface area contributed by atoms with Crippen molar-refractivity contribution in [1.29, 1.82) is 0 Å². The maximum absolute atomic E-state index is 10.5. The van der Waals surface area contributed by atoms with Crippen molar-refractivity contribution < 1.29 is 4.79 Å². The summed E-state index contributed by atoms with van der Waals surface area (Å²) in [4.78, 5) is 10.5. The number of amides is 2. The van der Waals surface area contributed by atoms with Gasteiger partial charge in [0.05, 0.1) is 0 Å². The fourth-order valence-corrected chi connectivity index (χ4v) is 1.18. The van der Waals surface area contributed by atoms with Crippen LogP contribution in [-0.2, 0) is 0 Å². The Kier molecular flexibility index (Phi) is 2.34. The standard InChI is InChI=1S/C5H10ClN3O/c6-9(5(7)10)4-2-1-3-8-4/h4,8H,1-3H2,(H2,7,10). The highest BCUT2D eigenvalue weighted by Gasteiger charge is 2.22. The Balaban J connectivity index is 2.39. The number of rotatable bonds is 1. The summed E-state index contributed by atoms with van der Waals surface area (Å²) in [7, 11) is 0. The van der Waals surface area contributed by atoms with E-state index in [-0.39, 0.29) is 6.17 Å². The van der Waals surface area contributed by atoms with Crippen LogP contribution in [0.5, 0.6) is 0 Å². The van der Waals surface area contributed by atoms with Crippen LogP contribution in [0.3, 0.4) is 0 Å². The molecule has 1 heterocycles. The molecule has 0 aromatic rings. The molecule has 10 heavy (non-hydrogen) atoms. The van der Waals surface area contributed by atoms with Crippen LogP contribution in [0.4, 0.5) is 4.79 Å². The molecule has 1 aliphatic heterocycles. The lowest BCUT2D eigenvalue weighted by molar-refractivity contribution is 0.219. The molecule has 1 aliphatic rings. The van der Waals surface area contributed by atoms with Crippen molar-refractivity contribution in [3.63, 3.8) is 0 Å². The molecule has 0 saturated carbocycles. The van der Waals surface area contributed by atoms with Crippen LogP contribution in [-0.4, -0.2) is 23.2 Å². The van der Waals surface area contributed by atoms with E-state index in [0.29, 0.717) is 0 Å². The molecule has 0 aromatic heterocycles. The number of urea groups is 1. The molecule has 5 heteroatoms. The van der Waals surface area contributed by atoms with Gasteiger partial charge in [0.2, 0.25) is 0 Å². The smallest absolute Gasteiger partial charge is 0.330 e. The van der Waals surface area contributed by atoms with Crippen molar-refractivity contribution in [3.05, 3.63) is 0 Å². The second-order valence-electron chi connectivity index (χ2n) is 2.26. The van der Waals surface area contributed by atoms with E-state index in [4.69, 9.17) is 17.5 Å². The fourth-order valence-electron chi connectivity index (χ4n) is 1.01. The van der Waals surface area contributed by atoms with E-state index in [1.54, 1.807) is 0 Å². The summed E-state index contributed by atoms with van der Waals surface area (Å²) in [6, 6.07) is -0.596. The van der Waals surface area contributed by atoms with Gasteiger partial charge in [-0.1, -0.05) is 0 Å². The van der Waals surface area contributed by atoms with E-state index in [9.17, 15) is 4.79 Å². The number of hydrogen-bond donors (Lipinski definition) is 2. The van der Waals surface area contributed by atoms with E-state index in [1.165, 1.54) is 0 Å². The van der Waals surface area contributed by atoms with Gasteiger partial charge in [0.25, 0.3) is 0 Å². The first-order valence-corrected chi connectivity index (χ1v) is 3.53. The Morgan fingerprint density at radius 1 is 1.80 bits per heavy atom. The van der Waals surface area contributed by atoms with Crippen molar-refractivity contribution in [2.75, 3.05) is 6.54 Å². The summed E-state index contributed by atoms with van der Waals surface area (Å²) in [5.41, 5.74) is 4.93. The van der Waals surface area contributed by atoms with Gasteiger partial charge in [0.15, 0.2) is 0 Å². The minimum absolute atomic E-state index is 0.0702. The first-order valence-electron chi connectivity index (χ1n) is 3.19. The predicted molar refractivity (Wildman–Crippen MR) is 38.3 cm³/mol. The van der Waals surface area contributed by atoms with Gasteiger partial charge in [-0.25, -0.2) is 9.21 Å². The summed E-state index contributed by atoms with van der Waals surface area (Å²) in [6.07, 6.45) is 1.85. The van der Waals surface area contributed by atoms with Crippen LogP contribution in [0.1, 0.15) is 12.8 Å². The van der Waals surface area contributed by atoms with E-state index >= 15 is 0 Å². The number of nitrogens with two attached hydrogens (primary N) is 1. The van der Waals surface area contributed by atoms with E-state index in [1.807, 2.05) is 0 Å². The first kappa shape index (κ1) is 7.63. The molecule has 1 fully saturated rings. The van der Waals surface area contributed by atoms with Gasteiger partial charge in [-0.3, -0.25) is 5.32 Å². The first-order chi connectivity index (χ1) is 4.72. The number of primary amides is 1. The van der Waals surface area contributed by atoms with Crippen LogP contribution in [0, 0.1) is 0 Å². The van der Waals surface area contributed by atoms with Gasteiger partial charge in [-0.15, -0.1) is 0 Å². The number of hydrogen-bond acceptors (Lipinski definition) is 2. The Labute approximate surface area is 64.4 Å². The maximum atomic E-state index is 10.5. The van der Waals surface area contributed by atoms with Crippen molar-refractivity contribution in [3.8, 4) is 0 Å². The zero-order valence-electron chi connectivity index (χ0n) is 5.51. The van der Waals surface area contributed by atoms with Crippen molar-refractivity contribution in [2.24, 2.45) is 5.73 Å². The minimum atomic E-state index is -0.596. The summed E-state index contributed by atoms with van der Waals surface area (Å²) in [5.74, 6) is 0. The SMILES string of the molecule is NC(=O)N(Cl)C1CCCN1. The molecule has 4 nitrogen and oxygen atoms in total. The lowest BCUT2D eigenvalue weighted by Gasteiger charge is -2.18. The third kappa shape index (κ3) is 1.52. The second kappa shape index (κ2) is 3.07. The minimum Gasteiger partial charge on any atom is -0.350 e. The zero-order chi connectivity index (χ0) is 7.56. The third-order valence-electron chi connectivity index (χ3n) is 1.52. The topological polar surface area (TPSA) is 58.4 Å². The van der Waals surface area contributed by atoms with Crippen LogP contribution in [0.25, 0.3) is 0 Å². The molecule has 0 bridgehead atoms. The lowest BCUT2D eigenvalue weighted by atomic mass is 10.3. The van der Waals surface area contributed by atoms with Crippen molar-refractivity contribution in [1.82, 2.24) is 9.74 Å². The Bertz CT molecular complexity index is 135. The van der Waals surface area contributed by atoms with E-state index in [2.05, 4.69) is 5.32 Å². The summed E-state index contributed by atoms with van der Waals surface area (Å²) >= 11 is 5.52. The van der Waals surface area contributed by atoms with E-state index in [0.717, 1.165) is 23.8 Å². The van der Waals surface area contributed by atoms with Crippen molar-refractivity contribution >= 4 is 17.8 Å². The maximum Gasteiger partial charge on any atom is 0.330 e. The van der Waals surface area contributed by atoms with Crippen LogP contribution in [0.2, 0.25) is 0 Å². The number of carbonyl (C=O) groups is 1. The molecule has 1 saturated heterocycles. The summed E-state index contributed by atoms with van der Waals surface area (Å²) in [6.45, 7) is 0.904. The molecule has 0 radical (unpaired) electrons. The third-order valence-corrected chi connectivity index (χ3v) is 1.92. The molecular weight excluding hydrogens is 154 g/mol. The molecule has 1 rings (SSSR count).